The summed E-state index contributed by atoms with van der Waals surface area (Å²) in [6.07, 6.45) is 0. The van der Waals surface area contributed by atoms with Gasteiger partial charge in [-0.3, -0.25) is 0 Å². The summed E-state index contributed by atoms with van der Waals surface area (Å²) in [6.45, 7) is 0. The van der Waals surface area contributed by atoms with Crippen molar-refractivity contribution >= 4 is 21.8 Å². The van der Waals surface area contributed by atoms with E-state index in [1.54, 1.807) is 0 Å². The number of nitrogens with zero attached hydrogens (tertiary/aromatic N) is 3. The van der Waals surface area contributed by atoms with Gasteiger partial charge in [0.05, 0.1) is 22.4 Å². The predicted molar refractivity (Wildman–Crippen MR) is 204 cm³/mol. The average molecular weight is 626 g/mol. The van der Waals surface area contributed by atoms with Crippen LogP contribution in [0, 0.1) is 0 Å². The number of benzene rings is 7. The first-order chi connectivity index (χ1) is 24.3. The van der Waals surface area contributed by atoms with Crippen molar-refractivity contribution in [2.45, 2.75) is 0 Å². The van der Waals surface area contributed by atoms with Crippen LogP contribution in [0.25, 0.3) is 83.6 Å². The van der Waals surface area contributed by atoms with E-state index in [1.165, 1.54) is 32.9 Å². The lowest BCUT2D eigenvalue weighted by Gasteiger charge is -2.16. The van der Waals surface area contributed by atoms with Gasteiger partial charge in [0, 0.05) is 33.2 Å². The second kappa shape index (κ2) is 12.2. The molecule has 230 valence electrons. The summed E-state index contributed by atoms with van der Waals surface area (Å²) < 4.78 is 2.36. The maximum absolute atomic E-state index is 5.18. The Kier molecular flexibility index (Phi) is 7.14. The van der Waals surface area contributed by atoms with Crippen molar-refractivity contribution in [2.75, 3.05) is 0 Å². The van der Waals surface area contributed by atoms with Gasteiger partial charge < -0.3 is 4.57 Å². The number of aromatic nitrogens is 3. The highest BCUT2D eigenvalue weighted by Gasteiger charge is 2.18. The molecule has 0 amide bonds. The third-order valence-electron chi connectivity index (χ3n) is 9.25. The minimum atomic E-state index is 0.709. The van der Waals surface area contributed by atoms with Gasteiger partial charge in [-0.1, -0.05) is 152 Å². The number of rotatable bonds is 6. The van der Waals surface area contributed by atoms with Gasteiger partial charge in [0.2, 0.25) is 0 Å². The van der Waals surface area contributed by atoms with Crippen LogP contribution in [0.2, 0.25) is 0 Å². The van der Waals surface area contributed by atoms with Crippen molar-refractivity contribution in [2.24, 2.45) is 0 Å². The van der Waals surface area contributed by atoms with Gasteiger partial charge in [-0.15, -0.1) is 0 Å². The molecule has 49 heavy (non-hydrogen) atoms. The Morgan fingerprint density at radius 3 is 1.59 bits per heavy atom. The van der Waals surface area contributed by atoms with E-state index < -0.39 is 0 Å². The van der Waals surface area contributed by atoms with Crippen molar-refractivity contribution in [1.82, 2.24) is 14.5 Å². The van der Waals surface area contributed by atoms with Crippen LogP contribution in [-0.2, 0) is 0 Å². The molecule has 0 aliphatic rings. The van der Waals surface area contributed by atoms with Crippen molar-refractivity contribution in [3.63, 3.8) is 0 Å². The third kappa shape index (κ3) is 5.18. The molecule has 0 saturated carbocycles. The Morgan fingerprint density at radius 2 is 0.857 bits per heavy atom. The number of hydrogen-bond donors (Lipinski definition) is 0. The van der Waals surface area contributed by atoms with Gasteiger partial charge in [0.1, 0.15) is 0 Å². The second-order valence-electron chi connectivity index (χ2n) is 12.2. The van der Waals surface area contributed by atoms with Crippen LogP contribution in [0.3, 0.4) is 0 Å². The van der Waals surface area contributed by atoms with Crippen LogP contribution in [-0.4, -0.2) is 14.5 Å². The van der Waals surface area contributed by atoms with E-state index in [2.05, 4.69) is 168 Å². The first-order valence-corrected chi connectivity index (χ1v) is 16.6. The van der Waals surface area contributed by atoms with E-state index in [9.17, 15) is 0 Å². The lowest BCUT2D eigenvalue weighted by atomic mass is 9.90. The maximum atomic E-state index is 5.18. The fraction of sp³-hybridized carbons (Fsp3) is 0. The van der Waals surface area contributed by atoms with E-state index in [4.69, 9.17) is 9.97 Å². The Balaban J connectivity index is 1.22. The minimum absolute atomic E-state index is 0.709. The fourth-order valence-corrected chi connectivity index (χ4v) is 6.97. The summed E-state index contributed by atoms with van der Waals surface area (Å²) in [4.78, 5) is 10.2. The van der Waals surface area contributed by atoms with Crippen LogP contribution >= 0.6 is 0 Å². The molecule has 0 aliphatic heterocycles. The summed E-state index contributed by atoms with van der Waals surface area (Å²) >= 11 is 0. The Morgan fingerprint density at radius 1 is 0.327 bits per heavy atom. The summed E-state index contributed by atoms with van der Waals surface area (Å²) in [5, 5.41) is 2.47. The molecule has 0 radical (unpaired) electrons. The highest BCUT2D eigenvalue weighted by molar-refractivity contribution is 6.11. The van der Waals surface area contributed by atoms with E-state index in [1.807, 2.05) is 24.3 Å². The SMILES string of the molecule is c1ccc(-c2cc(-c3ccccc3-c3ccccc3-c3ccc4c(c3)c3ccccc3n4-c3ccccc3)nc(-c3ccccc3)n2)cc1. The molecule has 2 heterocycles. The standard InChI is InChI=1S/C46H31N3/c1-4-16-32(17-5-1)42-31-43(48-46(47-42)33-18-6-2-7-19-33)39-25-13-12-24-38(39)37-23-11-10-22-36(37)34-28-29-45-41(30-34)40-26-14-15-27-44(40)49(45)35-20-8-3-9-21-35/h1-31H. The van der Waals surface area contributed by atoms with Gasteiger partial charge >= 0.3 is 0 Å². The predicted octanol–water partition coefficient (Wildman–Crippen LogP) is 11.9. The van der Waals surface area contributed by atoms with E-state index >= 15 is 0 Å². The monoisotopic (exact) mass is 625 g/mol. The molecule has 0 bridgehead atoms. The molecule has 3 heteroatoms. The molecule has 0 unspecified atom stereocenters. The van der Waals surface area contributed by atoms with Gasteiger partial charge in [-0.05, 0) is 58.7 Å². The van der Waals surface area contributed by atoms with Crippen LogP contribution in [0.15, 0.2) is 188 Å². The molecule has 0 spiro atoms. The molecule has 2 aromatic heterocycles. The molecule has 7 aromatic carbocycles. The fourth-order valence-electron chi connectivity index (χ4n) is 6.97. The topological polar surface area (TPSA) is 30.7 Å². The van der Waals surface area contributed by atoms with Crippen molar-refractivity contribution in [3.8, 4) is 61.8 Å². The smallest absolute Gasteiger partial charge is 0.160 e. The number of hydrogen-bond acceptors (Lipinski definition) is 2. The lowest BCUT2D eigenvalue weighted by molar-refractivity contribution is 1.18. The number of para-hydroxylation sites is 2. The van der Waals surface area contributed by atoms with Gasteiger partial charge in [-0.25, -0.2) is 9.97 Å². The van der Waals surface area contributed by atoms with Crippen molar-refractivity contribution < 1.29 is 0 Å². The van der Waals surface area contributed by atoms with E-state index in [0.29, 0.717) is 5.82 Å². The van der Waals surface area contributed by atoms with Crippen molar-refractivity contribution in [3.05, 3.63) is 188 Å². The molecule has 0 saturated heterocycles. The molecule has 9 rings (SSSR count). The zero-order chi connectivity index (χ0) is 32.6. The van der Waals surface area contributed by atoms with E-state index in [-0.39, 0.29) is 0 Å². The molecule has 9 aromatic rings. The Labute approximate surface area is 285 Å². The van der Waals surface area contributed by atoms with Gasteiger partial charge in [0.15, 0.2) is 5.82 Å². The molecule has 0 atom stereocenters. The zero-order valence-electron chi connectivity index (χ0n) is 26.7. The van der Waals surface area contributed by atoms with E-state index in [0.717, 1.165) is 44.9 Å². The summed E-state index contributed by atoms with van der Waals surface area (Å²) in [6, 6.07) is 66.2. The molecule has 0 fully saturated rings. The Hall–Kier alpha value is -6.58. The van der Waals surface area contributed by atoms with Gasteiger partial charge in [-0.2, -0.15) is 0 Å². The van der Waals surface area contributed by atoms with Crippen LogP contribution in [0.4, 0.5) is 0 Å². The molecular formula is C46H31N3. The molecule has 0 aliphatic carbocycles. The highest BCUT2D eigenvalue weighted by Crippen LogP contribution is 2.41. The van der Waals surface area contributed by atoms with Crippen LogP contribution in [0.5, 0.6) is 0 Å². The first kappa shape index (κ1) is 28.6. The second-order valence-corrected chi connectivity index (χ2v) is 12.2. The highest BCUT2D eigenvalue weighted by atomic mass is 15.0. The summed E-state index contributed by atoms with van der Waals surface area (Å²) in [5.41, 5.74) is 13.1. The molecule has 0 N–H and O–H groups in total. The quantitative estimate of drug-likeness (QED) is 0.184. The summed E-state index contributed by atoms with van der Waals surface area (Å²) in [5.74, 6) is 0.709. The average Bonchev–Trinajstić information content (AvgIpc) is 3.52. The largest absolute Gasteiger partial charge is 0.309 e. The first-order valence-electron chi connectivity index (χ1n) is 16.6. The van der Waals surface area contributed by atoms with Crippen LogP contribution < -0.4 is 0 Å². The number of fused-ring (bicyclic) bond motifs is 3. The van der Waals surface area contributed by atoms with Gasteiger partial charge in [0.25, 0.3) is 0 Å². The third-order valence-corrected chi connectivity index (χ3v) is 9.25. The minimum Gasteiger partial charge on any atom is -0.309 e. The normalized spacial score (nSPS) is 11.3. The zero-order valence-corrected chi connectivity index (χ0v) is 26.7. The van der Waals surface area contributed by atoms with Crippen molar-refractivity contribution in [1.29, 1.82) is 0 Å². The summed E-state index contributed by atoms with van der Waals surface area (Å²) in [7, 11) is 0. The van der Waals surface area contributed by atoms with Crippen LogP contribution in [0.1, 0.15) is 0 Å². The lowest BCUT2D eigenvalue weighted by Crippen LogP contribution is -1.97. The molecular weight excluding hydrogens is 595 g/mol. The Bertz CT molecular complexity index is 2530. The maximum Gasteiger partial charge on any atom is 0.160 e. The molecule has 3 nitrogen and oxygen atoms in total.